The predicted octanol–water partition coefficient (Wildman–Crippen LogP) is 1.92. The molecule has 0 saturated carbocycles. The molecule has 1 rings (SSSR count). The van der Waals surface area contributed by atoms with Gasteiger partial charge in [0.1, 0.15) is 0 Å². The molecule has 0 aromatic carbocycles. The van der Waals surface area contributed by atoms with E-state index >= 15 is 0 Å². The van der Waals surface area contributed by atoms with Crippen LogP contribution in [-0.4, -0.2) is 38.8 Å². The van der Waals surface area contributed by atoms with Crippen LogP contribution in [0.25, 0.3) is 0 Å². The van der Waals surface area contributed by atoms with Gasteiger partial charge in [0.2, 0.25) is 0 Å². The van der Waals surface area contributed by atoms with Crippen LogP contribution in [0.3, 0.4) is 0 Å². The average molecular weight is 183 g/mol. The number of hydrogen-bond acceptors (Lipinski definition) is 2. The molecule has 0 aliphatic carbocycles. The van der Waals surface area contributed by atoms with Crippen LogP contribution < -0.4 is 0 Å². The molecule has 1 aliphatic rings. The minimum atomic E-state index is 0.274. The zero-order chi connectivity index (χ0) is 9.73. The van der Waals surface area contributed by atoms with Crippen molar-refractivity contribution in [2.45, 2.75) is 19.8 Å². The summed E-state index contributed by atoms with van der Waals surface area (Å²) in [6.45, 7) is 5.29. The fraction of sp³-hybridized carbons (Fsp3) is 0.818. The molecule has 1 heterocycles. The number of ether oxygens (including phenoxy) is 1. The van der Waals surface area contributed by atoms with Gasteiger partial charge in [0.15, 0.2) is 0 Å². The molecular formula is C11H21NO. The number of methoxy groups -OCH3 is 1. The summed E-state index contributed by atoms with van der Waals surface area (Å²) in [7, 11) is 3.98. The SMILES string of the molecule is C/C=C\C1(COC)CCCN(C)C1. The third-order valence-electron chi connectivity index (χ3n) is 2.75. The van der Waals surface area contributed by atoms with Crippen LogP contribution in [0.2, 0.25) is 0 Å². The van der Waals surface area contributed by atoms with Crippen LogP contribution in [0.5, 0.6) is 0 Å². The van der Waals surface area contributed by atoms with Crippen LogP contribution in [0.4, 0.5) is 0 Å². The summed E-state index contributed by atoms with van der Waals surface area (Å²) in [6.07, 6.45) is 7.00. The summed E-state index contributed by atoms with van der Waals surface area (Å²) in [5.74, 6) is 0. The van der Waals surface area contributed by atoms with E-state index in [2.05, 4.69) is 31.0 Å². The molecule has 0 aromatic rings. The molecule has 0 aromatic heterocycles. The highest BCUT2D eigenvalue weighted by molar-refractivity contribution is 5.02. The van der Waals surface area contributed by atoms with Crippen LogP contribution in [0.15, 0.2) is 12.2 Å². The Morgan fingerprint density at radius 2 is 2.31 bits per heavy atom. The van der Waals surface area contributed by atoms with Crippen molar-refractivity contribution in [3.05, 3.63) is 12.2 Å². The van der Waals surface area contributed by atoms with E-state index in [9.17, 15) is 0 Å². The maximum atomic E-state index is 5.31. The summed E-state index contributed by atoms with van der Waals surface area (Å²) in [4.78, 5) is 2.39. The third kappa shape index (κ3) is 2.82. The number of hydrogen-bond donors (Lipinski definition) is 0. The van der Waals surface area contributed by atoms with Gasteiger partial charge in [0, 0.05) is 19.1 Å². The Morgan fingerprint density at radius 1 is 1.54 bits per heavy atom. The molecule has 0 bridgehead atoms. The number of piperidine rings is 1. The van der Waals surface area contributed by atoms with Crippen molar-refractivity contribution in [3.8, 4) is 0 Å². The summed E-state index contributed by atoms with van der Waals surface area (Å²) >= 11 is 0. The fourth-order valence-electron chi connectivity index (χ4n) is 2.34. The summed E-state index contributed by atoms with van der Waals surface area (Å²) < 4.78 is 5.31. The van der Waals surface area contributed by atoms with Crippen LogP contribution in [-0.2, 0) is 4.74 Å². The van der Waals surface area contributed by atoms with Crippen LogP contribution >= 0.6 is 0 Å². The highest BCUT2D eigenvalue weighted by Crippen LogP contribution is 2.31. The number of likely N-dealkylation sites (tertiary alicyclic amines) is 1. The van der Waals surface area contributed by atoms with Gasteiger partial charge in [0.25, 0.3) is 0 Å². The van der Waals surface area contributed by atoms with Crippen LogP contribution in [0.1, 0.15) is 19.8 Å². The van der Waals surface area contributed by atoms with E-state index in [4.69, 9.17) is 4.74 Å². The Hall–Kier alpha value is -0.340. The Labute approximate surface area is 81.6 Å². The zero-order valence-corrected chi connectivity index (χ0v) is 9.05. The average Bonchev–Trinajstić information content (AvgIpc) is 2.04. The van der Waals surface area contributed by atoms with Crippen molar-refractivity contribution >= 4 is 0 Å². The molecule has 0 radical (unpaired) electrons. The molecule has 0 N–H and O–H groups in total. The normalized spacial score (nSPS) is 31.3. The molecule has 2 heteroatoms. The van der Waals surface area contributed by atoms with E-state index in [1.165, 1.54) is 19.4 Å². The number of rotatable bonds is 3. The van der Waals surface area contributed by atoms with Gasteiger partial charge in [0.05, 0.1) is 6.61 Å². The van der Waals surface area contributed by atoms with Crippen molar-refractivity contribution in [2.75, 3.05) is 33.9 Å². The molecule has 1 saturated heterocycles. The first-order valence-corrected chi connectivity index (χ1v) is 5.04. The largest absolute Gasteiger partial charge is 0.384 e. The standard InChI is InChI=1S/C11H21NO/c1-4-6-11(10-13-3)7-5-8-12(2)9-11/h4,6H,5,7-10H2,1-3H3/b6-4-. The van der Waals surface area contributed by atoms with E-state index < -0.39 is 0 Å². The Bertz CT molecular complexity index is 175. The van der Waals surface area contributed by atoms with Gasteiger partial charge < -0.3 is 9.64 Å². The maximum Gasteiger partial charge on any atom is 0.0565 e. The lowest BCUT2D eigenvalue weighted by molar-refractivity contribution is 0.0538. The first kappa shape index (κ1) is 10.7. The Morgan fingerprint density at radius 3 is 2.85 bits per heavy atom. The monoisotopic (exact) mass is 183 g/mol. The summed E-state index contributed by atoms with van der Waals surface area (Å²) in [6, 6.07) is 0. The number of allylic oxidation sites excluding steroid dienone is 1. The smallest absolute Gasteiger partial charge is 0.0565 e. The van der Waals surface area contributed by atoms with Crippen LogP contribution in [0, 0.1) is 5.41 Å². The van der Waals surface area contributed by atoms with Gasteiger partial charge in [-0.1, -0.05) is 12.2 Å². The molecule has 76 valence electrons. The molecule has 0 amide bonds. The molecule has 0 spiro atoms. The van der Waals surface area contributed by atoms with Gasteiger partial charge in [-0.15, -0.1) is 0 Å². The Balaban J connectivity index is 2.64. The first-order valence-electron chi connectivity index (χ1n) is 5.04. The zero-order valence-electron chi connectivity index (χ0n) is 9.05. The molecule has 2 nitrogen and oxygen atoms in total. The van der Waals surface area contributed by atoms with Gasteiger partial charge in [-0.25, -0.2) is 0 Å². The second-order valence-corrected chi connectivity index (χ2v) is 4.14. The second kappa shape index (κ2) is 4.77. The van der Waals surface area contributed by atoms with Gasteiger partial charge in [-0.05, 0) is 33.4 Å². The summed E-state index contributed by atoms with van der Waals surface area (Å²) in [5, 5.41) is 0. The van der Waals surface area contributed by atoms with Crippen molar-refractivity contribution in [2.24, 2.45) is 5.41 Å². The van der Waals surface area contributed by atoms with Crippen molar-refractivity contribution in [3.63, 3.8) is 0 Å². The van der Waals surface area contributed by atoms with E-state index in [1.54, 1.807) is 7.11 Å². The predicted molar refractivity (Wildman–Crippen MR) is 55.9 cm³/mol. The minimum absolute atomic E-state index is 0.274. The van der Waals surface area contributed by atoms with Gasteiger partial charge >= 0.3 is 0 Å². The quantitative estimate of drug-likeness (QED) is 0.620. The molecule has 1 fully saturated rings. The van der Waals surface area contributed by atoms with Crippen molar-refractivity contribution in [1.29, 1.82) is 0 Å². The molecule has 13 heavy (non-hydrogen) atoms. The Kier molecular flexibility index (Phi) is 3.94. The second-order valence-electron chi connectivity index (χ2n) is 4.14. The minimum Gasteiger partial charge on any atom is -0.384 e. The van der Waals surface area contributed by atoms with E-state index in [-0.39, 0.29) is 5.41 Å². The van der Waals surface area contributed by atoms with Crippen molar-refractivity contribution < 1.29 is 4.74 Å². The molecule has 1 unspecified atom stereocenters. The first-order chi connectivity index (χ1) is 6.22. The van der Waals surface area contributed by atoms with E-state index in [1.807, 2.05) is 0 Å². The number of nitrogens with zero attached hydrogens (tertiary/aromatic N) is 1. The van der Waals surface area contributed by atoms with E-state index in [0.717, 1.165) is 13.2 Å². The van der Waals surface area contributed by atoms with Gasteiger partial charge in [-0.2, -0.15) is 0 Å². The highest BCUT2D eigenvalue weighted by atomic mass is 16.5. The maximum absolute atomic E-state index is 5.31. The lowest BCUT2D eigenvalue weighted by atomic mass is 9.80. The third-order valence-corrected chi connectivity index (χ3v) is 2.75. The van der Waals surface area contributed by atoms with Gasteiger partial charge in [-0.3, -0.25) is 0 Å². The molecule has 1 aliphatic heterocycles. The molecular weight excluding hydrogens is 162 g/mol. The topological polar surface area (TPSA) is 12.5 Å². The lowest BCUT2D eigenvalue weighted by Gasteiger charge is -2.39. The molecule has 1 atom stereocenters. The highest BCUT2D eigenvalue weighted by Gasteiger charge is 2.31. The fourth-order valence-corrected chi connectivity index (χ4v) is 2.34. The van der Waals surface area contributed by atoms with E-state index in [0.29, 0.717) is 0 Å². The summed E-state index contributed by atoms with van der Waals surface area (Å²) in [5.41, 5.74) is 0.274. The lowest BCUT2D eigenvalue weighted by Crippen LogP contribution is -2.42. The van der Waals surface area contributed by atoms with Crippen molar-refractivity contribution in [1.82, 2.24) is 4.90 Å².